The van der Waals surface area contributed by atoms with Crippen LogP contribution >= 0.6 is 11.6 Å². The number of carbonyl (C=O) groups excluding carboxylic acids is 1. The Morgan fingerprint density at radius 1 is 1.07 bits per heavy atom. The van der Waals surface area contributed by atoms with Gasteiger partial charge in [-0.15, -0.1) is 0 Å². The summed E-state index contributed by atoms with van der Waals surface area (Å²) in [6.45, 7) is 3.18. The molecule has 0 unspecified atom stereocenters. The zero-order valence-electron chi connectivity index (χ0n) is 16.6. The summed E-state index contributed by atoms with van der Waals surface area (Å²) < 4.78 is 7.25. The number of rotatable bonds is 3. The molecule has 152 valence electrons. The van der Waals surface area contributed by atoms with E-state index >= 15 is 0 Å². The Hall–Kier alpha value is -3.09. The molecular formula is C23H21ClN4O2. The molecule has 7 heteroatoms. The number of piperazine rings is 1. The molecule has 1 aliphatic heterocycles. The van der Waals surface area contributed by atoms with Crippen LogP contribution in [0.5, 0.6) is 0 Å². The number of hydrogen-bond acceptors (Lipinski definition) is 4. The van der Waals surface area contributed by atoms with Crippen LogP contribution in [0.3, 0.4) is 0 Å². The van der Waals surface area contributed by atoms with Gasteiger partial charge in [0.1, 0.15) is 12.0 Å². The van der Waals surface area contributed by atoms with E-state index in [0.717, 1.165) is 35.4 Å². The lowest BCUT2D eigenvalue weighted by Gasteiger charge is -2.32. The van der Waals surface area contributed by atoms with Crippen molar-refractivity contribution >= 4 is 23.0 Å². The number of hydrogen-bond donors (Lipinski definition) is 0. The molecular weight excluding hydrogens is 400 g/mol. The van der Waals surface area contributed by atoms with E-state index in [9.17, 15) is 4.79 Å². The first-order valence-electron chi connectivity index (χ1n) is 9.87. The highest BCUT2D eigenvalue weighted by Crippen LogP contribution is 2.31. The second-order valence-electron chi connectivity index (χ2n) is 7.60. The number of aromatic nitrogens is 2. The van der Waals surface area contributed by atoms with Gasteiger partial charge in [0.25, 0.3) is 5.91 Å². The van der Waals surface area contributed by atoms with E-state index in [1.54, 1.807) is 6.26 Å². The van der Waals surface area contributed by atoms with Crippen molar-refractivity contribution in [2.75, 3.05) is 33.2 Å². The van der Waals surface area contributed by atoms with Gasteiger partial charge in [-0.05, 0) is 42.4 Å². The topological polar surface area (TPSA) is 54.0 Å². The minimum atomic E-state index is 0.0223. The minimum Gasteiger partial charge on any atom is -0.451 e. The normalized spacial score (nSPS) is 15.1. The molecule has 1 aromatic carbocycles. The Morgan fingerprint density at radius 3 is 2.63 bits per heavy atom. The van der Waals surface area contributed by atoms with Gasteiger partial charge in [-0.3, -0.25) is 4.79 Å². The van der Waals surface area contributed by atoms with Crippen molar-refractivity contribution in [1.82, 2.24) is 19.2 Å². The molecule has 6 nitrogen and oxygen atoms in total. The Labute approximate surface area is 179 Å². The van der Waals surface area contributed by atoms with Crippen molar-refractivity contribution in [3.63, 3.8) is 0 Å². The van der Waals surface area contributed by atoms with Gasteiger partial charge in [-0.2, -0.15) is 0 Å². The SMILES string of the molecule is CN1CCN(C(=O)c2cc3ccc(-c4cccc(Cl)c4)cn3c2-c2cocn2)CC1. The molecule has 1 aliphatic rings. The quantitative estimate of drug-likeness (QED) is 0.495. The highest BCUT2D eigenvalue weighted by Gasteiger charge is 2.26. The third kappa shape index (κ3) is 3.38. The van der Waals surface area contributed by atoms with Gasteiger partial charge in [-0.1, -0.05) is 29.8 Å². The number of pyridine rings is 1. The van der Waals surface area contributed by atoms with Crippen molar-refractivity contribution in [3.8, 4) is 22.5 Å². The van der Waals surface area contributed by atoms with Crippen molar-refractivity contribution in [2.24, 2.45) is 0 Å². The molecule has 0 bridgehead atoms. The molecule has 1 saturated heterocycles. The van der Waals surface area contributed by atoms with Gasteiger partial charge >= 0.3 is 0 Å². The number of halogens is 1. The lowest BCUT2D eigenvalue weighted by atomic mass is 10.1. The number of benzene rings is 1. The second-order valence-corrected chi connectivity index (χ2v) is 8.04. The number of likely N-dealkylation sites (N-methyl/N-ethyl adjacent to an activating group) is 1. The molecule has 0 saturated carbocycles. The van der Waals surface area contributed by atoms with Crippen LogP contribution < -0.4 is 0 Å². The summed E-state index contributed by atoms with van der Waals surface area (Å²) in [7, 11) is 2.08. The summed E-state index contributed by atoms with van der Waals surface area (Å²) in [5.74, 6) is 0.0223. The van der Waals surface area contributed by atoms with Gasteiger partial charge < -0.3 is 18.6 Å². The van der Waals surface area contributed by atoms with Crippen LogP contribution in [0, 0.1) is 0 Å². The Balaban J connectivity index is 1.64. The predicted octanol–water partition coefficient (Wildman–Crippen LogP) is 4.30. The van der Waals surface area contributed by atoms with Crippen molar-refractivity contribution in [2.45, 2.75) is 0 Å². The van der Waals surface area contributed by atoms with E-state index in [1.807, 2.05) is 58.0 Å². The van der Waals surface area contributed by atoms with E-state index in [0.29, 0.717) is 29.4 Å². The van der Waals surface area contributed by atoms with Gasteiger partial charge in [0.05, 0.1) is 11.3 Å². The summed E-state index contributed by atoms with van der Waals surface area (Å²) in [5.41, 5.74) is 4.95. The van der Waals surface area contributed by atoms with Crippen LogP contribution in [0.4, 0.5) is 0 Å². The van der Waals surface area contributed by atoms with E-state index in [-0.39, 0.29) is 5.91 Å². The molecule has 4 heterocycles. The summed E-state index contributed by atoms with van der Waals surface area (Å²) >= 11 is 6.18. The summed E-state index contributed by atoms with van der Waals surface area (Å²) in [5, 5.41) is 0.683. The van der Waals surface area contributed by atoms with Crippen LogP contribution in [0.15, 0.2) is 65.7 Å². The van der Waals surface area contributed by atoms with Crippen molar-refractivity contribution in [3.05, 3.63) is 71.9 Å². The fraction of sp³-hybridized carbons (Fsp3) is 0.217. The van der Waals surface area contributed by atoms with Crippen LogP contribution in [0.2, 0.25) is 5.02 Å². The highest BCUT2D eigenvalue weighted by molar-refractivity contribution is 6.30. The van der Waals surface area contributed by atoms with E-state index in [2.05, 4.69) is 16.9 Å². The minimum absolute atomic E-state index is 0.0223. The molecule has 0 N–H and O–H groups in total. The largest absolute Gasteiger partial charge is 0.451 e. The average molecular weight is 421 g/mol. The summed E-state index contributed by atoms with van der Waals surface area (Å²) in [4.78, 5) is 21.9. The first kappa shape index (κ1) is 18.9. The predicted molar refractivity (Wildman–Crippen MR) is 117 cm³/mol. The molecule has 1 amide bonds. The zero-order valence-corrected chi connectivity index (χ0v) is 17.3. The molecule has 0 atom stereocenters. The van der Waals surface area contributed by atoms with Gasteiger partial charge in [0.2, 0.25) is 0 Å². The molecule has 0 aliphatic carbocycles. The lowest BCUT2D eigenvalue weighted by Crippen LogP contribution is -2.47. The van der Waals surface area contributed by atoms with Crippen LogP contribution in [-0.2, 0) is 0 Å². The number of amides is 1. The van der Waals surface area contributed by atoms with E-state index in [4.69, 9.17) is 16.0 Å². The smallest absolute Gasteiger partial charge is 0.256 e. The lowest BCUT2D eigenvalue weighted by molar-refractivity contribution is 0.0665. The molecule has 0 spiro atoms. The van der Waals surface area contributed by atoms with Crippen LogP contribution in [0.1, 0.15) is 10.4 Å². The van der Waals surface area contributed by atoms with Gasteiger partial charge in [-0.25, -0.2) is 4.98 Å². The van der Waals surface area contributed by atoms with Gasteiger partial charge in [0.15, 0.2) is 6.39 Å². The molecule has 30 heavy (non-hydrogen) atoms. The second kappa shape index (κ2) is 7.63. The maximum atomic E-state index is 13.4. The fourth-order valence-electron chi connectivity index (χ4n) is 3.94. The van der Waals surface area contributed by atoms with Crippen LogP contribution in [-0.4, -0.2) is 58.3 Å². The molecule has 1 fully saturated rings. The fourth-order valence-corrected chi connectivity index (χ4v) is 4.13. The first-order chi connectivity index (χ1) is 14.6. The highest BCUT2D eigenvalue weighted by atomic mass is 35.5. The van der Waals surface area contributed by atoms with Crippen molar-refractivity contribution in [1.29, 1.82) is 0 Å². The molecule has 0 radical (unpaired) electrons. The third-order valence-electron chi connectivity index (χ3n) is 5.62. The third-order valence-corrected chi connectivity index (χ3v) is 5.86. The Bertz CT molecular complexity index is 1210. The van der Waals surface area contributed by atoms with Crippen molar-refractivity contribution < 1.29 is 9.21 Å². The number of nitrogens with zero attached hydrogens (tertiary/aromatic N) is 4. The number of oxazole rings is 1. The molecule has 4 aromatic rings. The van der Waals surface area contributed by atoms with E-state index < -0.39 is 0 Å². The van der Waals surface area contributed by atoms with E-state index in [1.165, 1.54) is 6.39 Å². The molecule has 5 rings (SSSR count). The van der Waals surface area contributed by atoms with Gasteiger partial charge in [0, 0.05) is 42.9 Å². The Kier molecular flexibility index (Phi) is 4.81. The number of fused-ring (bicyclic) bond motifs is 1. The molecule has 3 aromatic heterocycles. The summed E-state index contributed by atoms with van der Waals surface area (Å²) in [6, 6.07) is 13.7. The summed E-state index contributed by atoms with van der Waals surface area (Å²) in [6.07, 6.45) is 4.99. The maximum absolute atomic E-state index is 13.4. The van der Waals surface area contributed by atoms with Crippen LogP contribution in [0.25, 0.3) is 28.0 Å². The maximum Gasteiger partial charge on any atom is 0.256 e. The zero-order chi connectivity index (χ0) is 20.7. The number of carbonyl (C=O) groups is 1. The standard InChI is InChI=1S/C23H21ClN4O2/c1-26-7-9-27(10-8-26)23(29)20-12-19-6-5-17(16-3-2-4-18(24)11-16)13-28(19)22(20)21-14-30-15-25-21/h2-6,11-15H,7-10H2,1H3. The first-order valence-corrected chi connectivity index (χ1v) is 10.3. The Morgan fingerprint density at radius 2 is 1.90 bits per heavy atom. The monoisotopic (exact) mass is 420 g/mol. The average Bonchev–Trinajstić information content (AvgIpc) is 3.40.